The highest BCUT2D eigenvalue weighted by atomic mass is 32.2. The summed E-state index contributed by atoms with van der Waals surface area (Å²) in [4.78, 5) is 39.9. The summed E-state index contributed by atoms with van der Waals surface area (Å²) in [5.41, 5.74) is 0.711. The zero-order valence-corrected chi connectivity index (χ0v) is 19.2. The Morgan fingerprint density at radius 1 is 1.22 bits per heavy atom. The van der Waals surface area contributed by atoms with Crippen LogP contribution in [0.2, 0.25) is 0 Å². The smallest absolute Gasteiger partial charge is 0.254 e. The molecule has 172 valence electrons. The number of hydrogen-bond donors (Lipinski definition) is 3. The van der Waals surface area contributed by atoms with E-state index in [0.29, 0.717) is 17.2 Å². The minimum atomic E-state index is -1.52. The van der Waals surface area contributed by atoms with Gasteiger partial charge in [0.05, 0.1) is 23.7 Å². The largest absolute Gasteiger partial charge is 0.472 e. The quantitative estimate of drug-likeness (QED) is 0.582. The molecule has 1 aromatic heterocycles. The van der Waals surface area contributed by atoms with Crippen LogP contribution in [0.4, 0.5) is 0 Å². The van der Waals surface area contributed by atoms with Gasteiger partial charge < -0.3 is 25.1 Å². The molecule has 1 fully saturated rings. The van der Waals surface area contributed by atoms with E-state index in [-0.39, 0.29) is 12.3 Å². The number of thioether (sulfide) groups is 1. The van der Waals surface area contributed by atoms with Crippen molar-refractivity contribution in [3.63, 3.8) is 0 Å². The van der Waals surface area contributed by atoms with Gasteiger partial charge in [0.15, 0.2) is 6.10 Å². The fourth-order valence-corrected chi connectivity index (χ4v) is 4.59. The predicted octanol–water partition coefficient (Wildman–Crippen LogP) is 1.80. The van der Waals surface area contributed by atoms with E-state index < -0.39 is 35.5 Å². The summed E-state index contributed by atoms with van der Waals surface area (Å²) in [6.07, 6.45) is 1.40. The number of carbonyl (C=O) groups is 3. The van der Waals surface area contributed by atoms with Gasteiger partial charge in [-0.15, -0.1) is 11.8 Å². The van der Waals surface area contributed by atoms with Crippen molar-refractivity contribution in [1.82, 2.24) is 15.5 Å². The maximum absolute atomic E-state index is 13.2. The Balaban J connectivity index is 1.77. The second-order valence-corrected chi connectivity index (χ2v) is 9.79. The molecule has 3 atom stereocenters. The number of rotatable bonds is 7. The summed E-state index contributed by atoms with van der Waals surface area (Å²) in [7, 11) is 0. The second-order valence-electron chi connectivity index (χ2n) is 8.79. The van der Waals surface area contributed by atoms with Crippen LogP contribution in [0.1, 0.15) is 36.7 Å². The van der Waals surface area contributed by atoms with E-state index in [1.807, 2.05) is 51.1 Å². The van der Waals surface area contributed by atoms with E-state index in [1.165, 1.54) is 35.3 Å². The SMILES string of the molecule is CC(C)(C)NC(=O)[C@@H]1CSCN1C(=O)[C@@H](O)[C@H](Cc1ccccc1)NC(=O)c1ccoc1. The van der Waals surface area contributed by atoms with Crippen molar-refractivity contribution in [3.8, 4) is 0 Å². The van der Waals surface area contributed by atoms with Gasteiger partial charge in [-0.25, -0.2) is 0 Å². The van der Waals surface area contributed by atoms with Crippen molar-refractivity contribution < 1.29 is 23.9 Å². The summed E-state index contributed by atoms with van der Waals surface area (Å²) in [5.74, 6) is -0.552. The van der Waals surface area contributed by atoms with Gasteiger partial charge in [0.2, 0.25) is 5.91 Å². The number of aliphatic hydroxyl groups excluding tert-OH is 1. The fraction of sp³-hybridized carbons (Fsp3) is 0.435. The first-order chi connectivity index (χ1) is 15.2. The summed E-state index contributed by atoms with van der Waals surface area (Å²) in [6, 6.07) is 9.23. The van der Waals surface area contributed by atoms with Gasteiger partial charge in [0.1, 0.15) is 12.3 Å². The van der Waals surface area contributed by atoms with Crippen molar-refractivity contribution in [1.29, 1.82) is 0 Å². The third-order valence-electron chi connectivity index (χ3n) is 5.00. The van der Waals surface area contributed by atoms with Crippen molar-refractivity contribution >= 4 is 29.5 Å². The molecule has 0 spiro atoms. The summed E-state index contributed by atoms with van der Waals surface area (Å²) < 4.78 is 4.96. The number of nitrogens with zero attached hydrogens (tertiary/aromatic N) is 1. The zero-order valence-electron chi connectivity index (χ0n) is 18.4. The number of furan rings is 1. The van der Waals surface area contributed by atoms with E-state index >= 15 is 0 Å². The van der Waals surface area contributed by atoms with Crippen molar-refractivity contribution in [3.05, 3.63) is 60.1 Å². The summed E-state index contributed by atoms with van der Waals surface area (Å²) in [5, 5.41) is 16.7. The van der Waals surface area contributed by atoms with Crippen LogP contribution in [-0.4, -0.2) is 63.1 Å². The van der Waals surface area contributed by atoms with Crippen molar-refractivity contribution in [2.45, 2.75) is 50.9 Å². The molecule has 1 aliphatic heterocycles. The van der Waals surface area contributed by atoms with Crippen LogP contribution in [0.5, 0.6) is 0 Å². The zero-order chi connectivity index (χ0) is 23.3. The van der Waals surface area contributed by atoms with Crippen LogP contribution in [0, 0.1) is 0 Å². The van der Waals surface area contributed by atoms with E-state index in [2.05, 4.69) is 10.6 Å². The highest BCUT2D eigenvalue weighted by Crippen LogP contribution is 2.24. The Morgan fingerprint density at radius 2 is 1.94 bits per heavy atom. The molecule has 0 aliphatic carbocycles. The Labute approximate surface area is 191 Å². The Bertz CT molecular complexity index is 927. The first-order valence-corrected chi connectivity index (χ1v) is 11.6. The van der Waals surface area contributed by atoms with Crippen LogP contribution in [0.25, 0.3) is 0 Å². The van der Waals surface area contributed by atoms with Crippen LogP contribution < -0.4 is 10.6 Å². The van der Waals surface area contributed by atoms with Crippen LogP contribution >= 0.6 is 11.8 Å². The normalized spacial score (nSPS) is 18.1. The molecule has 0 unspecified atom stereocenters. The predicted molar refractivity (Wildman–Crippen MR) is 122 cm³/mol. The summed E-state index contributed by atoms with van der Waals surface area (Å²) >= 11 is 1.45. The van der Waals surface area contributed by atoms with Crippen molar-refractivity contribution in [2.75, 3.05) is 11.6 Å². The van der Waals surface area contributed by atoms with Gasteiger partial charge in [-0.05, 0) is 38.8 Å². The summed E-state index contributed by atoms with van der Waals surface area (Å²) in [6.45, 7) is 5.61. The molecule has 0 bridgehead atoms. The first-order valence-electron chi connectivity index (χ1n) is 10.4. The van der Waals surface area contributed by atoms with E-state index in [1.54, 1.807) is 0 Å². The Hall–Kier alpha value is -2.78. The molecule has 3 rings (SSSR count). The standard InChI is InChI=1S/C23H29N3O5S/c1-23(2,3)25-21(29)18-13-32-14-26(18)22(30)19(27)17(11-15-7-5-4-6-8-15)24-20(28)16-9-10-31-12-16/h4-10,12,17-19,27H,11,13-14H2,1-3H3,(H,24,28)(H,25,29)/t17-,18-,19-/m0/s1. The topological polar surface area (TPSA) is 112 Å². The lowest BCUT2D eigenvalue weighted by atomic mass is 9.99. The van der Waals surface area contributed by atoms with Gasteiger partial charge in [-0.2, -0.15) is 0 Å². The maximum atomic E-state index is 13.2. The maximum Gasteiger partial charge on any atom is 0.254 e. The molecule has 1 aromatic carbocycles. The van der Waals surface area contributed by atoms with Gasteiger partial charge in [0.25, 0.3) is 11.8 Å². The molecule has 0 radical (unpaired) electrons. The minimum Gasteiger partial charge on any atom is -0.472 e. The number of benzene rings is 1. The molecular formula is C23H29N3O5S. The third-order valence-corrected chi connectivity index (χ3v) is 6.01. The van der Waals surface area contributed by atoms with Crippen LogP contribution in [0.15, 0.2) is 53.3 Å². The molecule has 0 saturated carbocycles. The Morgan fingerprint density at radius 3 is 2.56 bits per heavy atom. The number of hydrogen-bond acceptors (Lipinski definition) is 6. The van der Waals surface area contributed by atoms with E-state index in [4.69, 9.17) is 4.42 Å². The molecule has 32 heavy (non-hydrogen) atoms. The number of carbonyl (C=O) groups excluding carboxylic acids is 3. The lowest BCUT2D eigenvalue weighted by Gasteiger charge is -2.31. The van der Waals surface area contributed by atoms with Gasteiger partial charge in [-0.3, -0.25) is 14.4 Å². The van der Waals surface area contributed by atoms with Crippen LogP contribution in [0.3, 0.4) is 0 Å². The van der Waals surface area contributed by atoms with Crippen molar-refractivity contribution in [2.24, 2.45) is 0 Å². The van der Waals surface area contributed by atoms with Crippen LogP contribution in [-0.2, 0) is 16.0 Å². The number of amides is 3. The molecule has 9 heteroatoms. The lowest BCUT2D eigenvalue weighted by molar-refractivity contribution is -0.146. The average molecular weight is 460 g/mol. The van der Waals surface area contributed by atoms with Gasteiger partial charge >= 0.3 is 0 Å². The van der Waals surface area contributed by atoms with E-state index in [0.717, 1.165) is 5.56 Å². The molecule has 2 heterocycles. The third kappa shape index (κ3) is 6.14. The highest BCUT2D eigenvalue weighted by molar-refractivity contribution is 7.99. The molecule has 1 saturated heterocycles. The molecule has 2 aromatic rings. The monoisotopic (exact) mass is 459 g/mol. The molecule has 3 N–H and O–H groups in total. The first kappa shape index (κ1) is 23.9. The van der Waals surface area contributed by atoms with Gasteiger partial charge in [-0.1, -0.05) is 30.3 Å². The average Bonchev–Trinajstić information content (AvgIpc) is 3.43. The molecule has 8 nitrogen and oxygen atoms in total. The minimum absolute atomic E-state index is 0.247. The second kappa shape index (κ2) is 10.2. The fourth-order valence-electron chi connectivity index (χ4n) is 3.43. The van der Waals surface area contributed by atoms with E-state index in [9.17, 15) is 19.5 Å². The molecule has 1 aliphatic rings. The Kier molecular flexibility index (Phi) is 7.63. The van der Waals surface area contributed by atoms with Gasteiger partial charge in [0, 0.05) is 11.3 Å². The number of aliphatic hydroxyl groups is 1. The lowest BCUT2D eigenvalue weighted by Crippen LogP contribution is -2.57. The number of nitrogens with one attached hydrogen (secondary N) is 2. The molecule has 3 amide bonds. The molecular weight excluding hydrogens is 430 g/mol. The highest BCUT2D eigenvalue weighted by Gasteiger charge is 2.40.